The van der Waals surface area contributed by atoms with Crippen molar-refractivity contribution in [1.29, 1.82) is 0 Å². The van der Waals surface area contributed by atoms with E-state index in [-0.39, 0.29) is 5.97 Å². The molecule has 0 heterocycles. The van der Waals surface area contributed by atoms with E-state index in [0.717, 1.165) is 12.8 Å². The predicted molar refractivity (Wildman–Crippen MR) is 67.8 cm³/mol. The van der Waals surface area contributed by atoms with Crippen LogP contribution in [0.5, 0.6) is 0 Å². The van der Waals surface area contributed by atoms with E-state index < -0.39 is 0 Å². The first-order chi connectivity index (χ1) is 8.31. The highest BCUT2D eigenvalue weighted by atomic mass is 16.5. The van der Waals surface area contributed by atoms with E-state index in [0.29, 0.717) is 24.9 Å². The zero-order valence-corrected chi connectivity index (χ0v) is 10.4. The van der Waals surface area contributed by atoms with Crippen molar-refractivity contribution in [2.75, 3.05) is 6.61 Å². The number of hydrogen-bond donors (Lipinski definition) is 0. The van der Waals surface area contributed by atoms with Gasteiger partial charge in [-0.05, 0) is 36.7 Å². The van der Waals surface area contributed by atoms with Crippen molar-refractivity contribution in [2.24, 2.45) is 5.92 Å². The van der Waals surface area contributed by atoms with Crippen LogP contribution >= 0.6 is 0 Å². The van der Waals surface area contributed by atoms with Crippen molar-refractivity contribution >= 4 is 5.97 Å². The second-order valence-corrected chi connectivity index (χ2v) is 4.78. The third-order valence-corrected chi connectivity index (χ3v) is 3.54. The Kier molecular flexibility index (Phi) is 4.18. The molecule has 1 saturated carbocycles. The summed E-state index contributed by atoms with van der Waals surface area (Å²) in [5, 5.41) is 0. The molecule has 2 nitrogen and oxygen atoms in total. The van der Waals surface area contributed by atoms with Crippen LogP contribution in [-0.4, -0.2) is 12.6 Å². The molecule has 1 aromatic rings. The largest absolute Gasteiger partial charge is 0.466 e. The first kappa shape index (κ1) is 12.2. The van der Waals surface area contributed by atoms with E-state index in [1.165, 1.54) is 12.0 Å². The van der Waals surface area contributed by atoms with Gasteiger partial charge in [-0.2, -0.15) is 0 Å². The number of esters is 1. The van der Waals surface area contributed by atoms with Crippen LogP contribution in [0.25, 0.3) is 0 Å². The van der Waals surface area contributed by atoms with Crippen LogP contribution in [0.1, 0.15) is 44.1 Å². The molecule has 0 bridgehead atoms. The molecule has 17 heavy (non-hydrogen) atoms. The van der Waals surface area contributed by atoms with E-state index in [1.807, 2.05) is 13.0 Å². The Balaban J connectivity index is 1.85. The van der Waals surface area contributed by atoms with Crippen molar-refractivity contribution in [1.82, 2.24) is 0 Å². The highest BCUT2D eigenvalue weighted by Gasteiger charge is 2.33. The molecule has 1 fully saturated rings. The summed E-state index contributed by atoms with van der Waals surface area (Å²) in [5.74, 6) is 1.02. The van der Waals surface area contributed by atoms with E-state index in [2.05, 4.69) is 24.3 Å². The lowest BCUT2D eigenvalue weighted by Crippen LogP contribution is -2.27. The van der Waals surface area contributed by atoms with Crippen molar-refractivity contribution in [3.8, 4) is 0 Å². The summed E-state index contributed by atoms with van der Waals surface area (Å²) in [5.41, 5.74) is 1.37. The Bertz CT molecular complexity index is 358. The summed E-state index contributed by atoms with van der Waals surface area (Å²) in [6, 6.07) is 10.5. The fourth-order valence-electron chi connectivity index (χ4n) is 2.44. The zero-order chi connectivity index (χ0) is 12.1. The second-order valence-electron chi connectivity index (χ2n) is 4.78. The number of hydrogen-bond acceptors (Lipinski definition) is 2. The molecule has 0 aliphatic heterocycles. The lowest BCUT2D eigenvalue weighted by atomic mass is 9.68. The van der Waals surface area contributed by atoms with Gasteiger partial charge in [0, 0.05) is 6.42 Å². The lowest BCUT2D eigenvalue weighted by Gasteiger charge is -2.36. The summed E-state index contributed by atoms with van der Waals surface area (Å²) in [7, 11) is 0. The quantitative estimate of drug-likeness (QED) is 0.726. The Morgan fingerprint density at radius 2 is 2.06 bits per heavy atom. The summed E-state index contributed by atoms with van der Waals surface area (Å²) >= 11 is 0. The Hall–Kier alpha value is -1.31. The second kappa shape index (κ2) is 5.85. The molecule has 2 rings (SSSR count). The average molecular weight is 232 g/mol. The van der Waals surface area contributed by atoms with Gasteiger partial charge in [0.15, 0.2) is 0 Å². The van der Waals surface area contributed by atoms with Crippen molar-refractivity contribution in [3.63, 3.8) is 0 Å². The highest BCUT2D eigenvalue weighted by molar-refractivity contribution is 5.70. The predicted octanol–water partition coefficient (Wildman–Crippen LogP) is 3.52. The molecule has 0 unspecified atom stereocenters. The SMILES string of the molecule is CCCOC(=O)C[C@@H]1CC[C@@H]1c1ccccc1. The zero-order valence-electron chi connectivity index (χ0n) is 10.4. The van der Waals surface area contributed by atoms with Gasteiger partial charge in [-0.25, -0.2) is 0 Å². The third kappa shape index (κ3) is 3.09. The molecular formula is C15H20O2. The normalized spacial score (nSPS) is 22.9. The average Bonchev–Trinajstić information content (AvgIpc) is 2.33. The van der Waals surface area contributed by atoms with Crippen LogP contribution in [0, 0.1) is 5.92 Å². The molecule has 0 radical (unpaired) electrons. The topological polar surface area (TPSA) is 26.3 Å². The smallest absolute Gasteiger partial charge is 0.306 e. The first-order valence-corrected chi connectivity index (χ1v) is 6.52. The summed E-state index contributed by atoms with van der Waals surface area (Å²) in [4.78, 5) is 11.6. The van der Waals surface area contributed by atoms with E-state index in [9.17, 15) is 4.79 Å². The Morgan fingerprint density at radius 1 is 1.29 bits per heavy atom. The standard InChI is InChI=1S/C15H20O2/c1-2-10-17-15(16)11-13-8-9-14(13)12-6-4-3-5-7-12/h3-7,13-14H,2,8-11H2,1H3/t13-,14+/m0/s1. The van der Waals surface area contributed by atoms with E-state index in [1.54, 1.807) is 0 Å². The Morgan fingerprint density at radius 3 is 2.65 bits per heavy atom. The molecule has 1 aromatic carbocycles. The Labute approximate surface area is 103 Å². The molecule has 0 saturated heterocycles. The number of carbonyl (C=O) groups excluding carboxylic acids is 1. The maximum Gasteiger partial charge on any atom is 0.306 e. The summed E-state index contributed by atoms with van der Waals surface area (Å²) in [6.07, 6.45) is 3.84. The summed E-state index contributed by atoms with van der Waals surface area (Å²) < 4.78 is 5.14. The molecule has 0 N–H and O–H groups in total. The van der Waals surface area contributed by atoms with Gasteiger partial charge in [-0.3, -0.25) is 4.79 Å². The minimum atomic E-state index is -0.0301. The van der Waals surface area contributed by atoms with Gasteiger partial charge in [0.05, 0.1) is 6.61 Å². The number of benzene rings is 1. The number of carbonyl (C=O) groups is 1. The summed E-state index contributed by atoms with van der Waals surface area (Å²) in [6.45, 7) is 2.57. The monoisotopic (exact) mass is 232 g/mol. The van der Waals surface area contributed by atoms with Gasteiger partial charge < -0.3 is 4.74 Å². The lowest BCUT2D eigenvalue weighted by molar-refractivity contribution is -0.145. The van der Waals surface area contributed by atoms with Gasteiger partial charge in [0.1, 0.15) is 0 Å². The van der Waals surface area contributed by atoms with Crippen LogP contribution in [0.3, 0.4) is 0 Å². The van der Waals surface area contributed by atoms with Crippen LogP contribution < -0.4 is 0 Å². The fourth-order valence-corrected chi connectivity index (χ4v) is 2.44. The van der Waals surface area contributed by atoms with Gasteiger partial charge in [0.25, 0.3) is 0 Å². The van der Waals surface area contributed by atoms with Crippen molar-refractivity contribution in [3.05, 3.63) is 35.9 Å². The fraction of sp³-hybridized carbons (Fsp3) is 0.533. The van der Waals surface area contributed by atoms with E-state index >= 15 is 0 Å². The molecule has 0 spiro atoms. The molecule has 1 aliphatic carbocycles. The minimum absolute atomic E-state index is 0.0301. The molecular weight excluding hydrogens is 212 g/mol. The van der Waals surface area contributed by atoms with Gasteiger partial charge in [-0.15, -0.1) is 0 Å². The molecule has 92 valence electrons. The maximum absolute atomic E-state index is 11.6. The molecule has 0 aromatic heterocycles. The highest BCUT2D eigenvalue weighted by Crippen LogP contribution is 2.44. The first-order valence-electron chi connectivity index (χ1n) is 6.52. The molecule has 0 amide bonds. The van der Waals surface area contributed by atoms with Gasteiger partial charge in [-0.1, -0.05) is 37.3 Å². The maximum atomic E-state index is 11.6. The van der Waals surface area contributed by atoms with Crippen molar-refractivity contribution < 1.29 is 9.53 Å². The number of ether oxygens (including phenoxy) is 1. The third-order valence-electron chi connectivity index (χ3n) is 3.54. The molecule has 2 heteroatoms. The van der Waals surface area contributed by atoms with Crippen LogP contribution in [-0.2, 0) is 9.53 Å². The molecule has 1 aliphatic rings. The van der Waals surface area contributed by atoms with E-state index in [4.69, 9.17) is 4.74 Å². The van der Waals surface area contributed by atoms with Crippen LogP contribution in [0.4, 0.5) is 0 Å². The van der Waals surface area contributed by atoms with Crippen LogP contribution in [0.15, 0.2) is 30.3 Å². The van der Waals surface area contributed by atoms with Gasteiger partial charge >= 0.3 is 5.97 Å². The van der Waals surface area contributed by atoms with Crippen molar-refractivity contribution in [2.45, 2.75) is 38.5 Å². The number of rotatable bonds is 5. The minimum Gasteiger partial charge on any atom is -0.466 e. The molecule has 2 atom stereocenters. The van der Waals surface area contributed by atoms with Crippen LogP contribution in [0.2, 0.25) is 0 Å². The van der Waals surface area contributed by atoms with Gasteiger partial charge in [0.2, 0.25) is 0 Å².